The van der Waals surface area contributed by atoms with Gasteiger partial charge in [0.1, 0.15) is 11.6 Å². The average molecular weight is 282 g/mol. The van der Waals surface area contributed by atoms with E-state index in [0.717, 1.165) is 0 Å². The van der Waals surface area contributed by atoms with E-state index < -0.39 is 11.9 Å². The second-order valence-electron chi connectivity index (χ2n) is 4.08. The number of halogens is 2. The molecule has 1 atom stereocenters. The number of aliphatic hydroxyl groups is 1. The van der Waals surface area contributed by atoms with E-state index >= 15 is 0 Å². The number of ether oxygens (including phenoxy) is 1. The van der Waals surface area contributed by atoms with Gasteiger partial charge >= 0.3 is 0 Å². The Morgan fingerprint density at radius 3 is 2.89 bits per heavy atom. The van der Waals surface area contributed by atoms with Crippen molar-refractivity contribution in [2.45, 2.75) is 12.5 Å². The van der Waals surface area contributed by atoms with Crippen molar-refractivity contribution in [3.8, 4) is 5.75 Å². The molecule has 2 rings (SSSR count). The second-order valence-corrected chi connectivity index (χ2v) is 4.49. The zero-order valence-corrected chi connectivity index (χ0v) is 11.1. The Bertz CT molecular complexity index is 557. The highest BCUT2D eigenvalue weighted by Gasteiger charge is 2.15. The molecule has 0 spiro atoms. The number of nitrogens with zero attached hydrogens (tertiary/aromatic N) is 1. The Balaban J connectivity index is 2.23. The van der Waals surface area contributed by atoms with Crippen LogP contribution < -0.4 is 4.74 Å². The van der Waals surface area contributed by atoms with Crippen LogP contribution in [-0.2, 0) is 6.42 Å². The van der Waals surface area contributed by atoms with Gasteiger partial charge in [0.25, 0.3) is 0 Å². The number of pyridine rings is 1. The minimum atomic E-state index is -0.892. The van der Waals surface area contributed by atoms with Gasteiger partial charge in [0.15, 0.2) is 0 Å². The predicted molar refractivity (Wildman–Crippen MR) is 70.9 cm³/mol. The zero-order chi connectivity index (χ0) is 13.8. The van der Waals surface area contributed by atoms with Gasteiger partial charge in [-0.3, -0.25) is 4.98 Å². The molecule has 19 heavy (non-hydrogen) atoms. The first-order valence-electron chi connectivity index (χ1n) is 5.71. The fourth-order valence-corrected chi connectivity index (χ4v) is 2.01. The molecule has 0 aliphatic heterocycles. The van der Waals surface area contributed by atoms with Crippen LogP contribution >= 0.6 is 11.6 Å². The summed E-state index contributed by atoms with van der Waals surface area (Å²) >= 11 is 5.93. The van der Waals surface area contributed by atoms with Crippen LogP contribution in [0.4, 0.5) is 4.39 Å². The van der Waals surface area contributed by atoms with Crippen molar-refractivity contribution in [2.24, 2.45) is 0 Å². The van der Waals surface area contributed by atoms with E-state index in [1.807, 2.05) is 0 Å². The highest BCUT2D eigenvalue weighted by molar-refractivity contribution is 6.31. The third kappa shape index (κ3) is 3.22. The average Bonchev–Trinajstić information content (AvgIpc) is 2.43. The quantitative estimate of drug-likeness (QED) is 0.936. The molecule has 1 unspecified atom stereocenters. The van der Waals surface area contributed by atoms with Crippen molar-refractivity contribution in [3.63, 3.8) is 0 Å². The number of benzene rings is 1. The van der Waals surface area contributed by atoms with E-state index in [-0.39, 0.29) is 6.42 Å². The first-order chi connectivity index (χ1) is 9.11. The van der Waals surface area contributed by atoms with Crippen LogP contribution in [0.5, 0.6) is 5.75 Å². The summed E-state index contributed by atoms with van der Waals surface area (Å²) in [7, 11) is 1.51. The molecule has 0 aliphatic carbocycles. The number of methoxy groups -OCH3 is 1. The molecule has 3 nitrogen and oxygen atoms in total. The van der Waals surface area contributed by atoms with Crippen LogP contribution in [0.1, 0.15) is 17.2 Å². The summed E-state index contributed by atoms with van der Waals surface area (Å²) in [4.78, 5) is 3.95. The van der Waals surface area contributed by atoms with Crippen LogP contribution in [-0.4, -0.2) is 17.2 Å². The van der Waals surface area contributed by atoms with Crippen molar-refractivity contribution < 1.29 is 14.2 Å². The third-order valence-corrected chi connectivity index (χ3v) is 3.17. The van der Waals surface area contributed by atoms with Gasteiger partial charge in [-0.05, 0) is 18.2 Å². The molecular weight excluding hydrogens is 269 g/mol. The summed E-state index contributed by atoms with van der Waals surface area (Å²) in [5, 5.41) is 10.4. The first-order valence-corrected chi connectivity index (χ1v) is 6.09. The van der Waals surface area contributed by atoms with E-state index in [2.05, 4.69) is 4.98 Å². The minimum absolute atomic E-state index is 0.0837. The highest BCUT2D eigenvalue weighted by Crippen LogP contribution is 2.26. The Morgan fingerprint density at radius 2 is 2.21 bits per heavy atom. The maximum Gasteiger partial charge on any atom is 0.137 e. The molecule has 100 valence electrons. The van der Waals surface area contributed by atoms with Crippen molar-refractivity contribution in [1.82, 2.24) is 4.98 Å². The Morgan fingerprint density at radius 1 is 1.42 bits per heavy atom. The van der Waals surface area contributed by atoms with E-state index in [0.29, 0.717) is 21.9 Å². The van der Waals surface area contributed by atoms with Gasteiger partial charge in [-0.1, -0.05) is 17.7 Å². The summed E-state index contributed by atoms with van der Waals surface area (Å²) in [5.74, 6) is 0.110. The van der Waals surface area contributed by atoms with Gasteiger partial charge in [0.2, 0.25) is 0 Å². The van der Waals surface area contributed by atoms with Gasteiger partial charge in [-0.2, -0.15) is 0 Å². The van der Waals surface area contributed by atoms with Crippen LogP contribution in [0, 0.1) is 5.82 Å². The lowest BCUT2D eigenvalue weighted by atomic mass is 10.0. The van der Waals surface area contributed by atoms with Crippen LogP contribution in [0.3, 0.4) is 0 Å². The largest absolute Gasteiger partial charge is 0.495 e. The maximum atomic E-state index is 13.6. The number of hydrogen-bond donors (Lipinski definition) is 1. The lowest BCUT2D eigenvalue weighted by Gasteiger charge is -2.13. The molecule has 0 bridgehead atoms. The molecule has 1 aromatic heterocycles. The van der Waals surface area contributed by atoms with Crippen molar-refractivity contribution in [3.05, 3.63) is 58.6 Å². The third-order valence-electron chi connectivity index (χ3n) is 2.81. The molecule has 0 aliphatic rings. The molecule has 0 fully saturated rings. The smallest absolute Gasteiger partial charge is 0.137 e. The van der Waals surface area contributed by atoms with Gasteiger partial charge in [-0.15, -0.1) is 0 Å². The highest BCUT2D eigenvalue weighted by atomic mass is 35.5. The molecule has 1 heterocycles. The lowest BCUT2D eigenvalue weighted by molar-refractivity contribution is 0.176. The maximum absolute atomic E-state index is 13.6. The lowest BCUT2D eigenvalue weighted by Crippen LogP contribution is -2.05. The summed E-state index contributed by atoms with van der Waals surface area (Å²) in [6.45, 7) is 0. The van der Waals surface area contributed by atoms with Gasteiger partial charge in [0, 0.05) is 28.8 Å². The Labute approximate surface area is 115 Å². The topological polar surface area (TPSA) is 42.4 Å². The predicted octanol–water partition coefficient (Wildman–Crippen LogP) is 3.16. The summed E-state index contributed by atoms with van der Waals surface area (Å²) < 4.78 is 18.7. The number of aliphatic hydroxyl groups excluding tert-OH is 1. The van der Waals surface area contributed by atoms with Gasteiger partial charge in [-0.25, -0.2) is 4.39 Å². The Hall–Kier alpha value is -1.65. The zero-order valence-electron chi connectivity index (χ0n) is 10.3. The number of rotatable bonds is 4. The van der Waals surface area contributed by atoms with Crippen LogP contribution in [0.25, 0.3) is 0 Å². The van der Waals surface area contributed by atoms with Gasteiger partial charge in [0.05, 0.1) is 19.4 Å². The molecule has 2 aromatic rings. The fraction of sp³-hybridized carbons (Fsp3) is 0.214. The van der Waals surface area contributed by atoms with E-state index in [1.54, 1.807) is 12.1 Å². The molecule has 0 radical (unpaired) electrons. The van der Waals surface area contributed by atoms with E-state index in [4.69, 9.17) is 16.3 Å². The van der Waals surface area contributed by atoms with Crippen LogP contribution in [0.15, 0.2) is 36.7 Å². The number of hydrogen-bond acceptors (Lipinski definition) is 3. The van der Waals surface area contributed by atoms with Gasteiger partial charge < -0.3 is 9.84 Å². The second kappa shape index (κ2) is 5.99. The summed E-state index contributed by atoms with van der Waals surface area (Å²) in [5.41, 5.74) is 0.846. The molecule has 0 amide bonds. The Kier molecular flexibility index (Phi) is 4.35. The van der Waals surface area contributed by atoms with Crippen LogP contribution in [0.2, 0.25) is 5.02 Å². The van der Waals surface area contributed by atoms with E-state index in [1.165, 1.54) is 31.6 Å². The van der Waals surface area contributed by atoms with E-state index in [9.17, 15) is 9.50 Å². The fourth-order valence-electron chi connectivity index (χ4n) is 1.77. The number of aromatic nitrogens is 1. The van der Waals surface area contributed by atoms with Crippen molar-refractivity contribution in [2.75, 3.05) is 7.11 Å². The summed E-state index contributed by atoms with van der Waals surface area (Å²) in [6, 6.07) is 6.10. The molecule has 0 saturated heterocycles. The monoisotopic (exact) mass is 281 g/mol. The van der Waals surface area contributed by atoms with Crippen molar-refractivity contribution >= 4 is 11.6 Å². The first kappa shape index (κ1) is 13.8. The minimum Gasteiger partial charge on any atom is -0.495 e. The molecular formula is C14H13ClFNO2. The molecule has 5 heteroatoms. The SMILES string of the molecule is COc1cncc(C(O)Cc2c(F)cccc2Cl)c1. The summed E-state index contributed by atoms with van der Waals surface area (Å²) in [6.07, 6.45) is 2.24. The normalized spacial score (nSPS) is 12.2. The van der Waals surface area contributed by atoms with Crippen molar-refractivity contribution in [1.29, 1.82) is 0 Å². The molecule has 1 aromatic carbocycles. The molecule has 0 saturated carbocycles. The molecule has 1 N–H and O–H groups in total. The standard InChI is InChI=1S/C14H13ClFNO2/c1-19-10-5-9(7-17-8-10)14(18)6-11-12(15)3-2-4-13(11)16/h2-5,7-8,14,18H,6H2,1H3.